The number of carbonyl (C=O) groups is 2. The molecule has 0 atom stereocenters. The minimum absolute atomic E-state index is 0.0805. The molecule has 148 valence electrons. The fourth-order valence-corrected chi connectivity index (χ4v) is 2.98. The Balaban J connectivity index is 1.68. The summed E-state index contributed by atoms with van der Waals surface area (Å²) in [5.41, 5.74) is 2.58. The summed E-state index contributed by atoms with van der Waals surface area (Å²) < 4.78 is 5.39. The molecule has 1 N–H and O–H groups in total. The van der Waals surface area contributed by atoms with Crippen LogP contribution in [0.15, 0.2) is 78.9 Å². The predicted molar refractivity (Wildman–Crippen MR) is 116 cm³/mol. The van der Waals surface area contributed by atoms with Crippen molar-refractivity contribution >= 4 is 23.2 Å². The van der Waals surface area contributed by atoms with Gasteiger partial charge in [0.2, 0.25) is 0 Å². The molecule has 3 aromatic carbocycles. The largest absolute Gasteiger partial charge is 0.494 e. The topological polar surface area (TPSA) is 58.6 Å². The van der Waals surface area contributed by atoms with Gasteiger partial charge in [-0.2, -0.15) is 0 Å². The molecule has 0 bridgehead atoms. The Bertz CT molecular complexity index is 952. The van der Waals surface area contributed by atoms with Gasteiger partial charge < -0.3 is 15.0 Å². The van der Waals surface area contributed by atoms with Crippen molar-refractivity contribution in [2.75, 3.05) is 23.4 Å². The molecule has 0 aliphatic carbocycles. The van der Waals surface area contributed by atoms with E-state index < -0.39 is 0 Å². The standard InChI is InChI=1S/C24H24N2O3/c1-3-26(21-8-6-5-7-9-21)24(28)19-10-14-20(15-11-19)25-23(27)18-12-16-22(17-13-18)29-4-2/h5-17H,3-4H2,1-2H3,(H,25,27). The van der Waals surface area contributed by atoms with Gasteiger partial charge >= 0.3 is 0 Å². The van der Waals surface area contributed by atoms with Crippen LogP contribution in [0.1, 0.15) is 34.6 Å². The Morgan fingerprint density at radius 3 is 2.03 bits per heavy atom. The first-order valence-electron chi connectivity index (χ1n) is 9.63. The van der Waals surface area contributed by atoms with Crippen molar-refractivity contribution in [2.24, 2.45) is 0 Å². The zero-order valence-corrected chi connectivity index (χ0v) is 16.6. The molecule has 0 heterocycles. The van der Waals surface area contributed by atoms with Gasteiger partial charge in [-0.1, -0.05) is 18.2 Å². The van der Waals surface area contributed by atoms with Crippen molar-refractivity contribution in [1.29, 1.82) is 0 Å². The minimum atomic E-state index is -0.216. The summed E-state index contributed by atoms with van der Waals surface area (Å²) in [4.78, 5) is 27.0. The number of nitrogens with zero attached hydrogens (tertiary/aromatic N) is 1. The second-order valence-electron chi connectivity index (χ2n) is 6.37. The molecular formula is C24H24N2O3. The smallest absolute Gasteiger partial charge is 0.258 e. The molecule has 3 rings (SSSR count). The van der Waals surface area contributed by atoms with E-state index in [9.17, 15) is 9.59 Å². The molecule has 2 amide bonds. The zero-order chi connectivity index (χ0) is 20.6. The number of para-hydroxylation sites is 1. The Kier molecular flexibility index (Phi) is 6.63. The van der Waals surface area contributed by atoms with Crippen molar-refractivity contribution in [3.8, 4) is 5.75 Å². The Labute approximate surface area is 170 Å². The molecule has 0 aliphatic heterocycles. The molecule has 0 spiro atoms. The second-order valence-corrected chi connectivity index (χ2v) is 6.37. The van der Waals surface area contributed by atoms with E-state index in [-0.39, 0.29) is 11.8 Å². The maximum absolute atomic E-state index is 12.8. The van der Waals surface area contributed by atoms with Gasteiger partial charge in [0.05, 0.1) is 6.61 Å². The lowest BCUT2D eigenvalue weighted by Gasteiger charge is -2.21. The van der Waals surface area contributed by atoms with Crippen LogP contribution in [-0.4, -0.2) is 25.0 Å². The van der Waals surface area contributed by atoms with Crippen LogP contribution < -0.4 is 15.0 Å². The molecule has 29 heavy (non-hydrogen) atoms. The summed E-state index contributed by atoms with van der Waals surface area (Å²) in [6.07, 6.45) is 0. The molecule has 0 fully saturated rings. The molecule has 3 aromatic rings. The molecule has 0 aliphatic rings. The van der Waals surface area contributed by atoms with E-state index in [2.05, 4.69) is 5.32 Å². The highest BCUT2D eigenvalue weighted by atomic mass is 16.5. The van der Waals surface area contributed by atoms with E-state index in [1.807, 2.05) is 44.2 Å². The van der Waals surface area contributed by atoms with E-state index in [4.69, 9.17) is 4.74 Å². The van der Waals surface area contributed by atoms with Gasteiger partial charge in [0.25, 0.3) is 11.8 Å². The lowest BCUT2D eigenvalue weighted by Crippen LogP contribution is -2.30. The van der Waals surface area contributed by atoms with Gasteiger partial charge in [0, 0.05) is 29.0 Å². The summed E-state index contributed by atoms with van der Waals surface area (Å²) >= 11 is 0. The van der Waals surface area contributed by atoms with E-state index >= 15 is 0 Å². The van der Waals surface area contributed by atoms with Crippen LogP contribution >= 0.6 is 0 Å². The average molecular weight is 388 g/mol. The first-order valence-corrected chi connectivity index (χ1v) is 9.63. The molecule has 0 saturated heterocycles. The number of nitrogens with one attached hydrogen (secondary N) is 1. The predicted octanol–water partition coefficient (Wildman–Crippen LogP) is 5.00. The van der Waals surface area contributed by atoms with Crippen LogP contribution in [-0.2, 0) is 0 Å². The van der Waals surface area contributed by atoms with Gasteiger partial charge in [0.1, 0.15) is 5.75 Å². The van der Waals surface area contributed by atoms with Crippen LogP contribution in [0.4, 0.5) is 11.4 Å². The molecule has 5 nitrogen and oxygen atoms in total. The first kappa shape index (κ1) is 20.1. The Hall–Kier alpha value is -3.60. The van der Waals surface area contributed by atoms with Crippen molar-refractivity contribution < 1.29 is 14.3 Å². The lowest BCUT2D eigenvalue weighted by atomic mass is 10.1. The summed E-state index contributed by atoms with van der Waals surface area (Å²) in [6.45, 7) is 5.00. The maximum Gasteiger partial charge on any atom is 0.258 e. The number of anilines is 2. The average Bonchev–Trinajstić information content (AvgIpc) is 2.76. The molecular weight excluding hydrogens is 364 g/mol. The summed E-state index contributed by atoms with van der Waals surface area (Å²) in [5.74, 6) is 0.431. The van der Waals surface area contributed by atoms with Crippen LogP contribution in [0.25, 0.3) is 0 Å². The van der Waals surface area contributed by atoms with Crippen LogP contribution in [0.2, 0.25) is 0 Å². The van der Waals surface area contributed by atoms with E-state index in [1.54, 1.807) is 53.4 Å². The number of ether oxygens (including phenoxy) is 1. The third-order valence-corrected chi connectivity index (χ3v) is 4.45. The third-order valence-electron chi connectivity index (χ3n) is 4.45. The van der Waals surface area contributed by atoms with Crippen molar-refractivity contribution in [3.63, 3.8) is 0 Å². The number of rotatable bonds is 7. The highest BCUT2D eigenvalue weighted by Gasteiger charge is 2.16. The lowest BCUT2D eigenvalue weighted by molar-refractivity contribution is 0.0987. The molecule has 0 saturated carbocycles. The number of hydrogen-bond acceptors (Lipinski definition) is 3. The van der Waals surface area contributed by atoms with Crippen LogP contribution in [0, 0.1) is 0 Å². The van der Waals surface area contributed by atoms with Crippen molar-refractivity contribution in [1.82, 2.24) is 0 Å². The quantitative estimate of drug-likeness (QED) is 0.619. The van der Waals surface area contributed by atoms with Gasteiger partial charge in [-0.25, -0.2) is 0 Å². The molecule has 0 radical (unpaired) electrons. The number of carbonyl (C=O) groups excluding carboxylic acids is 2. The molecule has 5 heteroatoms. The highest BCUT2D eigenvalue weighted by molar-refractivity contribution is 6.07. The van der Waals surface area contributed by atoms with Crippen LogP contribution in [0.5, 0.6) is 5.75 Å². The van der Waals surface area contributed by atoms with Gasteiger partial charge in [-0.3, -0.25) is 9.59 Å². The minimum Gasteiger partial charge on any atom is -0.494 e. The first-order chi connectivity index (χ1) is 14.1. The Morgan fingerprint density at radius 1 is 0.828 bits per heavy atom. The third kappa shape index (κ3) is 5.02. The summed E-state index contributed by atoms with van der Waals surface area (Å²) in [7, 11) is 0. The van der Waals surface area contributed by atoms with E-state index in [1.165, 1.54) is 0 Å². The van der Waals surface area contributed by atoms with Crippen LogP contribution in [0.3, 0.4) is 0 Å². The zero-order valence-electron chi connectivity index (χ0n) is 16.6. The highest BCUT2D eigenvalue weighted by Crippen LogP contribution is 2.19. The summed E-state index contributed by atoms with van der Waals surface area (Å²) in [5, 5.41) is 2.85. The molecule has 0 aromatic heterocycles. The number of hydrogen-bond donors (Lipinski definition) is 1. The molecule has 0 unspecified atom stereocenters. The fraction of sp³-hybridized carbons (Fsp3) is 0.167. The monoisotopic (exact) mass is 388 g/mol. The number of amides is 2. The second kappa shape index (κ2) is 9.55. The maximum atomic E-state index is 12.8. The van der Waals surface area contributed by atoms with Crippen molar-refractivity contribution in [3.05, 3.63) is 90.0 Å². The van der Waals surface area contributed by atoms with Gasteiger partial charge in [0.15, 0.2) is 0 Å². The SMILES string of the molecule is CCOc1ccc(C(=O)Nc2ccc(C(=O)N(CC)c3ccccc3)cc2)cc1. The summed E-state index contributed by atoms with van der Waals surface area (Å²) in [6, 6.07) is 23.4. The van der Waals surface area contributed by atoms with E-state index in [0.717, 1.165) is 11.4 Å². The fourth-order valence-electron chi connectivity index (χ4n) is 2.98. The normalized spacial score (nSPS) is 10.3. The van der Waals surface area contributed by atoms with Crippen molar-refractivity contribution in [2.45, 2.75) is 13.8 Å². The Morgan fingerprint density at radius 2 is 1.45 bits per heavy atom. The van der Waals surface area contributed by atoms with Gasteiger partial charge in [-0.05, 0) is 74.5 Å². The van der Waals surface area contributed by atoms with Gasteiger partial charge in [-0.15, -0.1) is 0 Å². The number of benzene rings is 3. The van der Waals surface area contributed by atoms with E-state index in [0.29, 0.717) is 30.0 Å².